The van der Waals surface area contributed by atoms with E-state index in [0.717, 1.165) is 18.3 Å². The predicted molar refractivity (Wildman–Crippen MR) is 97.9 cm³/mol. The van der Waals surface area contributed by atoms with Gasteiger partial charge in [0.1, 0.15) is 24.4 Å². The third-order valence-electron chi connectivity index (χ3n) is 3.85. The molecule has 0 aliphatic rings. The minimum absolute atomic E-state index is 0.172. The number of carbonyl (C=O) groups is 3. The SMILES string of the molecule is CCCc1c(OCc2ccc(C=O)cc2)ccc(C(C)=O)c1OC(C)=O. The van der Waals surface area contributed by atoms with Crippen LogP contribution in [0.25, 0.3) is 0 Å². The number of hydrogen-bond acceptors (Lipinski definition) is 5. The molecule has 0 saturated carbocycles. The summed E-state index contributed by atoms with van der Waals surface area (Å²) in [6.07, 6.45) is 2.21. The molecule has 0 saturated heterocycles. The van der Waals surface area contributed by atoms with Crippen LogP contribution in [0.1, 0.15) is 59.0 Å². The number of rotatable bonds is 8. The Morgan fingerprint density at radius 2 is 1.73 bits per heavy atom. The molecule has 5 nitrogen and oxygen atoms in total. The van der Waals surface area contributed by atoms with Gasteiger partial charge in [0.15, 0.2) is 5.78 Å². The smallest absolute Gasteiger partial charge is 0.308 e. The summed E-state index contributed by atoms with van der Waals surface area (Å²) in [4.78, 5) is 34.1. The Labute approximate surface area is 152 Å². The molecule has 0 heterocycles. The number of carbonyl (C=O) groups excluding carboxylic acids is 3. The van der Waals surface area contributed by atoms with Crippen molar-refractivity contribution in [2.75, 3.05) is 0 Å². The Balaban J connectivity index is 2.34. The first-order valence-electron chi connectivity index (χ1n) is 8.48. The molecule has 0 aliphatic carbocycles. The maximum absolute atomic E-state index is 11.9. The Morgan fingerprint density at radius 1 is 1.04 bits per heavy atom. The number of ether oxygens (including phenoxy) is 2. The van der Waals surface area contributed by atoms with Crippen LogP contribution in [0.5, 0.6) is 11.5 Å². The van der Waals surface area contributed by atoms with Crippen molar-refractivity contribution in [2.45, 2.75) is 40.2 Å². The fourth-order valence-corrected chi connectivity index (χ4v) is 2.62. The molecule has 0 bridgehead atoms. The molecule has 2 aromatic carbocycles. The zero-order chi connectivity index (χ0) is 19.1. The van der Waals surface area contributed by atoms with Crippen LogP contribution in [0.2, 0.25) is 0 Å². The van der Waals surface area contributed by atoms with Crippen LogP contribution >= 0.6 is 0 Å². The fourth-order valence-electron chi connectivity index (χ4n) is 2.62. The van der Waals surface area contributed by atoms with Gasteiger partial charge in [-0.3, -0.25) is 14.4 Å². The summed E-state index contributed by atoms with van der Waals surface area (Å²) >= 11 is 0. The number of benzene rings is 2. The van der Waals surface area contributed by atoms with Crippen LogP contribution in [-0.4, -0.2) is 18.0 Å². The Bertz CT molecular complexity index is 806. The molecule has 0 spiro atoms. The minimum atomic E-state index is -0.480. The van der Waals surface area contributed by atoms with Crippen molar-refractivity contribution in [1.82, 2.24) is 0 Å². The molecular formula is C21H22O5. The van der Waals surface area contributed by atoms with Crippen LogP contribution in [-0.2, 0) is 17.8 Å². The van der Waals surface area contributed by atoms with Gasteiger partial charge in [0.25, 0.3) is 0 Å². The number of ketones is 1. The van der Waals surface area contributed by atoms with Gasteiger partial charge in [0.05, 0.1) is 5.56 Å². The number of Topliss-reactive ketones (excluding diaryl/α,β-unsaturated/α-hetero) is 1. The Morgan fingerprint density at radius 3 is 2.27 bits per heavy atom. The van der Waals surface area contributed by atoms with E-state index in [9.17, 15) is 14.4 Å². The monoisotopic (exact) mass is 354 g/mol. The van der Waals surface area contributed by atoms with Gasteiger partial charge in [0, 0.05) is 18.1 Å². The summed E-state index contributed by atoms with van der Waals surface area (Å²) in [6.45, 7) is 5.05. The van der Waals surface area contributed by atoms with Crippen LogP contribution in [0.3, 0.4) is 0 Å². The second-order valence-corrected chi connectivity index (χ2v) is 5.97. The second kappa shape index (κ2) is 8.94. The lowest BCUT2D eigenvalue weighted by Gasteiger charge is -2.17. The quantitative estimate of drug-likeness (QED) is 0.308. The van der Waals surface area contributed by atoms with Gasteiger partial charge < -0.3 is 9.47 Å². The molecule has 0 atom stereocenters. The van der Waals surface area contributed by atoms with Gasteiger partial charge in [-0.2, -0.15) is 0 Å². The highest BCUT2D eigenvalue weighted by atomic mass is 16.5. The molecule has 0 aromatic heterocycles. The Kier molecular flexibility index (Phi) is 6.67. The first kappa shape index (κ1) is 19.4. The standard InChI is InChI=1S/C21H22O5/c1-4-5-19-20(25-13-17-8-6-16(12-22)7-9-17)11-10-18(14(2)23)21(19)26-15(3)24/h6-12H,4-5,13H2,1-3H3. The molecule has 0 unspecified atom stereocenters. The largest absolute Gasteiger partial charge is 0.488 e. The summed E-state index contributed by atoms with van der Waals surface area (Å²) in [5, 5.41) is 0. The summed E-state index contributed by atoms with van der Waals surface area (Å²) < 4.78 is 11.3. The summed E-state index contributed by atoms with van der Waals surface area (Å²) in [7, 11) is 0. The third kappa shape index (κ3) is 4.79. The van der Waals surface area contributed by atoms with Crippen molar-refractivity contribution in [1.29, 1.82) is 0 Å². The highest BCUT2D eigenvalue weighted by Gasteiger charge is 2.19. The maximum Gasteiger partial charge on any atom is 0.308 e. The highest BCUT2D eigenvalue weighted by molar-refractivity contribution is 5.98. The zero-order valence-corrected chi connectivity index (χ0v) is 15.2. The van der Waals surface area contributed by atoms with Crippen molar-refractivity contribution in [3.8, 4) is 11.5 Å². The van der Waals surface area contributed by atoms with Gasteiger partial charge in [-0.25, -0.2) is 0 Å². The van der Waals surface area contributed by atoms with E-state index in [1.165, 1.54) is 13.8 Å². The number of hydrogen-bond donors (Lipinski definition) is 0. The lowest BCUT2D eigenvalue weighted by molar-refractivity contribution is -0.131. The minimum Gasteiger partial charge on any atom is -0.488 e. The first-order valence-corrected chi connectivity index (χ1v) is 8.48. The summed E-state index contributed by atoms with van der Waals surface area (Å²) in [5.41, 5.74) is 2.58. The molecule has 5 heteroatoms. The molecule has 0 N–H and O–H groups in total. The number of esters is 1. The maximum atomic E-state index is 11.9. The predicted octanol–water partition coefficient (Wildman–Crippen LogP) is 4.16. The Hall–Kier alpha value is -2.95. The molecule has 0 fully saturated rings. The van der Waals surface area contributed by atoms with E-state index < -0.39 is 5.97 Å². The summed E-state index contributed by atoms with van der Waals surface area (Å²) in [6, 6.07) is 10.4. The van der Waals surface area contributed by atoms with Crippen molar-refractivity contribution >= 4 is 18.0 Å². The van der Waals surface area contributed by atoms with Gasteiger partial charge in [-0.15, -0.1) is 0 Å². The van der Waals surface area contributed by atoms with E-state index in [1.54, 1.807) is 24.3 Å². The van der Waals surface area contributed by atoms with Crippen LogP contribution in [0.4, 0.5) is 0 Å². The normalized spacial score (nSPS) is 10.3. The molecule has 2 aromatic rings. The molecule has 0 aliphatic heterocycles. The van der Waals surface area contributed by atoms with Crippen LogP contribution in [0, 0.1) is 0 Å². The van der Waals surface area contributed by atoms with Crippen LogP contribution < -0.4 is 9.47 Å². The van der Waals surface area contributed by atoms with Gasteiger partial charge in [-0.1, -0.05) is 37.6 Å². The van der Waals surface area contributed by atoms with Crippen molar-refractivity contribution in [3.63, 3.8) is 0 Å². The fraction of sp³-hybridized carbons (Fsp3) is 0.286. The van der Waals surface area contributed by atoms with Crippen molar-refractivity contribution < 1.29 is 23.9 Å². The van der Waals surface area contributed by atoms with Crippen LogP contribution in [0.15, 0.2) is 36.4 Å². The average Bonchev–Trinajstić information content (AvgIpc) is 2.61. The topological polar surface area (TPSA) is 69.7 Å². The van der Waals surface area contributed by atoms with Crippen molar-refractivity contribution in [3.05, 3.63) is 58.7 Å². The molecule has 0 radical (unpaired) electrons. The van der Waals surface area contributed by atoms with Crippen molar-refractivity contribution in [2.24, 2.45) is 0 Å². The van der Waals surface area contributed by atoms with E-state index in [-0.39, 0.29) is 11.5 Å². The lowest BCUT2D eigenvalue weighted by atomic mass is 10.0. The van der Waals surface area contributed by atoms with Gasteiger partial charge in [-0.05, 0) is 31.0 Å². The molecule has 2 rings (SSSR count). The molecule has 136 valence electrons. The van der Waals surface area contributed by atoms with E-state index in [4.69, 9.17) is 9.47 Å². The molecular weight excluding hydrogens is 332 g/mol. The third-order valence-corrected chi connectivity index (χ3v) is 3.85. The second-order valence-electron chi connectivity index (χ2n) is 5.97. The average molecular weight is 354 g/mol. The lowest BCUT2D eigenvalue weighted by Crippen LogP contribution is -2.10. The van der Waals surface area contributed by atoms with E-state index in [0.29, 0.717) is 35.5 Å². The zero-order valence-electron chi connectivity index (χ0n) is 15.2. The molecule has 26 heavy (non-hydrogen) atoms. The number of aldehydes is 1. The first-order chi connectivity index (χ1) is 12.5. The van der Waals surface area contributed by atoms with E-state index in [1.807, 2.05) is 19.1 Å². The summed E-state index contributed by atoms with van der Waals surface area (Å²) in [5.74, 6) is 0.203. The highest BCUT2D eigenvalue weighted by Crippen LogP contribution is 2.34. The van der Waals surface area contributed by atoms with Gasteiger partial charge >= 0.3 is 5.97 Å². The van der Waals surface area contributed by atoms with Gasteiger partial charge in [0.2, 0.25) is 0 Å². The van der Waals surface area contributed by atoms with E-state index >= 15 is 0 Å². The van der Waals surface area contributed by atoms with E-state index in [2.05, 4.69) is 0 Å². The molecule has 0 amide bonds.